The molecule has 0 spiro atoms. The predicted octanol–water partition coefficient (Wildman–Crippen LogP) is 2.55. The van der Waals surface area contributed by atoms with Crippen molar-refractivity contribution in [3.05, 3.63) is 29.8 Å². The number of amides is 1. The Morgan fingerprint density at radius 2 is 2.14 bits per heavy atom. The number of fused-ring (bicyclic) bond motifs is 1. The third-order valence-electron chi connectivity index (χ3n) is 5.47. The van der Waals surface area contributed by atoms with E-state index in [9.17, 15) is 4.79 Å². The van der Waals surface area contributed by atoms with Crippen LogP contribution in [0.25, 0.3) is 10.9 Å². The van der Waals surface area contributed by atoms with Crippen molar-refractivity contribution in [2.24, 2.45) is 0 Å². The number of hydrogen-bond acceptors (Lipinski definition) is 6. The lowest BCUT2D eigenvalue weighted by Gasteiger charge is -2.30. The van der Waals surface area contributed by atoms with Crippen molar-refractivity contribution in [3.8, 4) is 0 Å². The molecule has 2 fully saturated rings. The molecule has 28 heavy (non-hydrogen) atoms. The topological polar surface area (TPSA) is 66.5 Å². The summed E-state index contributed by atoms with van der Waals surface area (Å²) in [6, 6.07) is 8.52. The van der Waals surface area contributed by atoms with Crippen LogP contribution >= 0.6 is 11.8 Å². The lowest BCUT2D eigenvalue weighted by atomic mass is 10.1. The smallest absolute Gasteiger partial charge is 0.237 e. The number of rotatable bonds is 5. The maximum Gasteiger partial charge on any atom is 0.237 e. The van der Waals surface area contributed by atoms with Gasteiger partial charge in [0.1, 0.15) is 5.82 Å². The number of nitrogens with one attached hydrogen (secondary N) is 2. The minimum absolute atomic E-state index is 0.115. The normalized spacial score (nSPS) is 20.8. The fourth-order valence-electron chi connectivity index (χ4n) is 3.85. The van der Waals surface area contributed by atoms with Gasteiger partial charge in [-0.2, -0.15) is 0 Å². The summed E-state index contributed by atoms with van der Waals surface area (Å²) in [7, 11) is 0. The molecule has 2 aliphatic heterocycles. The van der Waals surface area contributed by atoms with E-state index in [1.807, 2.05) is 0 Å². The lowest BCUT2D eigenvalue weighted by molar-refractivity contribution is -0.122. The Hall–Kier alpha value is -1.83. The molecule has 150 valence electrons. The summed E-state index contributed by atoms with van der Waals surface area (Å²) in [5.74, 6) is 1.12. The number of pyridine rings is 1. The van der Waals surface area contributed by atoms with Gasteiger partial charge in [0.25, 0.3) is 0 Å². The second kappa shape index (κ2) is 9.11. The molecule has 0 bridgehead atoms. The van der Waals surface area contributed by atoms with Gasteiger partial charge in [0, 0.05) is 42.0 Å². The standard InChI is InChI=1S/C21H28N4O2S/c1-28-17-6-5-15-12-16(14-23-18-4-2-3-7-22-21(18)26)20(24-19(15)13-17)25-8-10-27-11-9-25/h5-6,12-13,18,23H,2-4,7-11,14H2,1H3,(H,22,26)/t18-/m0/s1. The highest BCUT2D eigenvalue weighted by molar-refractivity contribution is 7.98. The van der Waals surface area contributed by atoms with E-state index in [1.54, 1.807) is 11.8 Å². The van der Waals surface area contributed by atoms with Gasteiger partial charge in [0.2, 0.25) is 5.91 Å². The average Bonchev–Trinajstić information content (AvgIpc) is 2.95. The van der Waals surface area contributed by atoms with E-state index >= 15 is 0 Å². The van der Waals surface area contributed by atoms with Gasteiger partial charge in [-0.3, -0.25) is 4.79 Å². The Balaban J connectivity index is 1.63. The third kappa shape index (κ3) is 4.42. The minimum Gasteiger partial charge on any atom is -0.378 e. The molecule has 1 aromatic heterocycles. The summed E-state index contributed by atoms with van der Waals surface area (Å²) < 4.78 is 5.53. The van der Waals surface area contributed by atoms with Gasteiger partial charge in [0.15, 0.2) is 0 Å². The molecule has 7 heteroatoms. The van der Waals surface area contributed by atoms with Crippen molar-refractivity contribution < 1.29 is 9.53 Å². The maximum atomic E-state index is 12.3. The number of anilines is 1. The number of carbonyl (C=O) groups is 1. The molecule has 1 amide bonds. The third-order valence-corrected chi connectivity index (χ3v) is 6.19. The maximum absolute atomic E-state index is 12.3. The molecule has 4 rings (SSSR count). The van der Waals surface area contributed by atoms with Crippen LogP contribution in [-0.2, 0) is 16.1 Å². The van der Waals surface area contributed by atoms with Gasteiger partial charge in [-0.1, -0.05) is 6.07 Å². The number of hydrogen-bond donors (Lipinski definition) is 2. The van der Waals surface area contributed by atoms with Crippen LogP contribution in [0.3, 0.4) is 0 Å². The largest absolute Gasteiger partial charge is 0.378 e. The summed E-state index contributed by atoms with van der Waals surface area (Å²) in [6.07, 6.45) is 5.09. The first-order valence-corrected chi connectivity index (χ1v) is 11.3. The monoisotopic (exact) mass is 400 g/mol. The number of ether oxygens (including phenoxy) is 1. The van der Waals surface area contributed by atoms with Crippen LogP contribution in [0.5, 0.6) is 0 Å². The van der Waals surface area contributed by atoms with Crippen LogP contribution < -0.4 is 15.5 Å². The van der Waals surface area contributed by atoms with E-state index in [0.29, 0.717) is 6.54 Å². The number of thioether (sulfide) groups is 1. The van der Waals surface area contributed by atoms with Gasteiger partial charge in [-0.15, -0.1) is 11.8 Å². The molecule has 2 aliphatic rings. The Morgan fingerprint density at radius 3 is 2.96 bits per heavy atom. The van der Waals surface area contributed by atoms with E-state index < -0.39 is 0 Å². The molecule has 6 nitrogen and oxygen atoms in total. The molecule has 2 N–H and O–H groups in total. The Kier molecular flexibility index (Phi) is 6.34. The van der Waals surface area contributed by atoms with Gasteiger partial charge < -0.3 is 20.3 Å². The fourth-order valence-corrected chi connectivity index (χ4v) is 4.29. The van der Waals surface area contributed by atoms with E-state index in [0.717, 1.165) is 74.4 Å². The summed E-state index contributed by atoms with van der Waals surface area (Å²) in [6.45, 7) is 4.56. The van der Waals surface area contributed by atoms with Crippen molar-refractivity contribution >= 4 is 34.4 Å². The van der Waals surface area contributed by atoms with Crippen molar-refractivity contribution in [1.29, 1.82) is 0 Å². The highest BCUT2D eigenvalue weighted by Crippen LogP contribution is 2.27. The zero-order valence-corrected chi connectivity index (χ0v) is 17.2. The summed E-state index contributed by atoms with van der Waals surface area (Å²) in [5, 5.41) is 7.62. The van der Waals surface area contributed by atoms with Crippen LogP contribution in [0.15, 0.2) is 29.2 Å². The fraction of sp³-hybridized carbons (Fsp3) is 0.524. The molecular formula is C21H28N4O2S. The minimum atomic E-state index is -0.130. The first-order valence-electron chi connectivity index (χ1n) is 10.1. The first-order chi connectivity index (χ1) is 13.7. The summed E-state index contributed by atoms with van der Waals surface area (Å²) in [5.41, 5.74) is 2.16. The van der Waals surface area contributed by atoms with Gasteiger partial charge in [-0.05, 0) is 43.7 Å². The Bertz CT molecular complexity index is 839. The van der Waals surface area contributed by atoms with E-state index in [2.05, 4.69) is 46.1 Å². The van der Waals surface area contributed by atoms with Crippen LogP contribution in [-0.4, -0.2) is 56.0 Å². The number of carbonyl (C=O) groups excluding carboxylic acids is 1. The van der Waals surface area contributed by atoms with E-state index in [1.165, 1.54) is 4.90 Å². The number of benzene rings is 1. The molecule has 1 aromatic carbocycles. The second-order valence-corrected chi connectivity index (χ2v) is 8.23. The molecule has 0 saturated carbocycles. The molecular weight excluding hydrogens is 372 g/mol. The Labute approximate surface area is 170 Å². The summed E-state index contributed by atoms with van der Waals surface area (Å²) in [4.78, 5) is 20.8. The number of aromatic nitrogens is 1. The van der Waals surface area contributed by atoms with Gasteiger partial charge in [0.05, 0.1) is 24.8 Å². The molecule has 1 atom stereocenters. The number of nitrogens with zero attached hydrogens (tertiary/aromatic N) is 2. The van der Waals surface area contributed by atoms with E-state index in [-0.39, 0.29) is 11.9 Å². The SMILES string of the molecule is CSc1ccc2cc(CN[C@H]3CCCCNC3=O)c(N3CCOCC3)nc2c1. The van der Waals surface area contributed by atoms with Crippen molar-refractivity contribution in [2.75, 3.05) is 44.0 Å². The van der Waals surface area contributed by atoms with Crippen molar-refractivity contribution in [1.82, 2.24) is 15.6 Å². The van der Waals surface area contributed by atoms with Crippen LogP contribution in [0.1, 0.15) is 24.8 Å². The van der Waals surface area contributed by atoms with Crippen molar-refractivity contribution in [3.63, 3.8) is 0 Å². The molecule has 0 radical (unpaired) electrons. The molecule has 2 saturated heterocycles. The quantitative estimate of drug-likeness (QED) is 0.752. The molecule has 0 aliphatic carbocycles. The van der Waals surface area contributed by atoms with Crippen molar-refractivity contribution in [2.45, 2.75) is 36.7 Å². The summed E-state index contributed by atoms with van der Waals surface area (Å²) >= 11 is 1.73. The molecule has 2 aromatic rings. The predicted molar refractivity (Wildman–Crippen MR) is 114 cm³/mol. The second-order valence-electron chi connectivity index (χ2n) is 7.35. The van der Waals surface area contributed by atoms with Gasteiger partial charge >= 0.3 is 0 Å². The zero-order chi connectivity index (χ0) is 19.3. The Morgan fingerprint density at radius 1 is 1.29 bits per heavy atom. The van der Waals surface area contributed by atoms with Crippen LogP contribution in [0, 0.1) is 0 Å². The molecule has 3 heterocycles. The van der Waals surface area contributed by atoms with Gasteiger partial charge in [-0.25, -0.2) is 4.98 Å². The first kappa shape index (κ1) is 19.5. The van der Waals surface area contributed by atoms with Crippen LogP contribution in [0.2, 0.25) is 0 Å². The average molecular weight is 401 g/mol. The molecule has 0 unspecified atom stereocenters. The lowest BCUT2D eigenvalue weighted by Crippen LogP contribution is -2.43. The van der Waals surface area contributed by atoms with E-state index in [4.69, 9.17) is 9.72 Å². The number of morpholine rings is 1. The highest BCUT2D eigenvalue weighted by atomic mass is 32.2. The zero-order valence-electron chi connectivity index (χ0n) is 16.4. The highest BCUT2D eigenvalue weighted by Gasteiger charge is 2.22. The van der Waals surface area contributed by atoms with Crippen LogP contribution in [0.4, 0.5) is 5.82 Å².